The molecule has 0 saturated carbocycles. The second kappa shape index (κ2) is 5.49. The summed E-state index contributed by atoms with van der Waals surface area (Å²) in [7, 11) is 0. The highest BCUT2D eigenvalue weighted by Crippen LogP contribution is 2.33. The fourth-order valence-corrected chi connectivity index (χ4v) is 1.72. The lowest BCUT2D eigenvalue weighted by atomic mass is 10.0. The van der Waals surface area contributed by atoms with Crippen molar-refractivity contribution < 1.29 is 17.6 Å². The normalized spacial score (nSPS) is 13.8. The van der Waals surface area contributed by atoms with Crippen LogP contribution in [0.3, 0.4) is 0 Å². The lowest BCUT2D eigenvalue weighted by molar-refractivity contribution is -0.140. The summed E-state index contributed by atoms with van der Waals surface area (Å²) in [6.07, 6.45) is -4.00. The molecule has 1 nitrogen and oxygen atoms in total. The van der Waals surface area contributed by atoms with E-state index in [1.165, 1.54) is 6.07 Å². The van der Waals surface area contributed by atoms with Crippen molar-refractivity contribution in [1.82, 2.24) is 5.32 Å². The molecule has 1 unspecified atom stereocenters. The quantitative estimate of drug-likeness (QED) is 0.798. The van der Waals surface area contributed by atoms with Crippen LogP contribution in [0.5, 0.6) is 0 Å². The van der Waals surface area contributed by atoms with E-state index >= 15 is 0 Å². The summed E-state index contributed by atoms with van der Waals surface area (Å²) in [6, 6.07) is 2.97. The third-order valence-electron chi connectivity index (χ3n) is 2.56. The Bertz CT molecular complexity index is 373. The highest BCUT2D eigenvalue weighted by Gasteiger charge is 2.34. The molecule has 0 aliphatic rings. The third kappa shape index (κ3) is 3.43. The first-order valence-electron chi connectivity index (χ1n) is 5.50. The zero-order chi connectivity index (χ0) is 13.1. The fourth-order valence-electron chi connectivity index (χ4n) is 1.72. The summed E-state index contributed by atoms with van der Waals surface area (Å²) >= 11 is 0. The molecular formula is C12H15F4N. The predicted octanol–water partition coefficient (Wildman–Crippen LogP) is 3.91. The first-order valence-corrected chi connectivity index (χ1v) is 5.50. The Labute approximate surface area is 97.8 Å². The minimum atomic E-state index is -4.65. The van der Waals surface area contributed by atoms with Gasteiger partial charge in [-0.3, -0.25) is 0 Å². The molecule has 0 fully saturated rings. The van der Waals surface area contributed by atoms with Crippen LogP contribution in [0.25, 0.3) is 0 Å². The van der Waals surface area contributed by atoms with E-state index < -0.39 is 17.6 Å². The summed E-state index contributed by atoms with van der Waals surface area (Å²) in [4.78, 5) is 0. The van der Waals surface area contributed by atoms with Crippen LogP contribution in [0.15, 0.2) is 18.2 Å². The first-order chi connectivity index (χ1) is 7.90. The number of hydrogen-bond acceptors (Lipinski definition) is 1. The Morgan fingerprint density at radius 1 is 1.24 bits per heavy atom. The van der Waals surface area contributed by atoms with Crippen LogP contribution in [0.2, 0.25) is 0 Å². The molecule has 0 saturated heterocycles. The van der Waals surface area contributed by atoms with E-state index in [0.29, 0.717) is 18.5 Å². The van der Waals surface area contributed by atoms with E-state index in [1.807, 2.05) is 13.8 Å². The van der Waals surface area contributed by atoms with E-state index in [4.69, 9.17) is 0 Å². The summed E-state index contributed by atoms with van der Waals surface area (Å²) in [6.45, 7) is 4.39. The van der Waals surface area contributed by atoms with Gasteiger partial charge in [0, 0.05) is 6.04 Å². The zero-order valence-electron chi connectivity index (χ0n) is 9.74. The molecule has 0 aliphatic carbocycles. The molecule has 1 rings (SSSR count). The molecule has 0 radical (unpaired) electrons. The molecule has 0 spiro atoms. The smallest absolute Gasteiger partial charge is 0.310 e. The molecule has 1 aromatic rings. The van der Waals surface area contributed by atoms with Gasteiger partial charge < -0.3 is 5.32 Å². The number of halogens is 4. The molecule has 0 aliphatic heterocycles. The standard InChI is InChI=1S/C12H15F4N/c1-3-11(17-4-2)8-5-6-10(13)9(7-8)12(14,15)16/h5-7,11,17H,3-4H2,1-2H3. The van der Waals surface area contributed by atoms with Gasteiger partial charge in [-0.25, -0.2) is 4.39 Å². The fraction of sp³-hybridized carbons (Fsp3) is 0.500. The minimum Gasteiger partial charge on any atom is -0.310 e. The molecule has 0 amide bonds. The van der Waals surface area contributed by atoms with Crippen LogP contribution in [-0.2, 0) is 6.18 Å². The molecule has 5 heteroatoms. The zero-order valence-corrected chi connectivity index (χ0v) is 9.74. The maximum Gasteiger partial charge on any atom is 0.419 e. The van der Waals surface area contributed by atoms with Gasteiger partial charge in [0.2, 0.25) is 0 Å². The highest BCUT2D eigenvalue weighted by atomic mass is 19.4. The van der Waals surface area contributed by atoms with E-state index in [2.05, 4.69) is 5.32 Å². The van der Waals surface area contributed by atoms with Gasteiger partial charge >= 0.3 is 6.18 Å². The minimum absolute atomic E-state index is 0.179. The van der Waals surface area contributed by atoms with Crippen molar-refractivity contribution in [2.45, 2.75) is 32.5 Å². The van der Waals surface area contributed by atoms with Gasteiger partial charge in [-0.1, -0.05) is 19.9 Å². The van der Waals surface area contributed by atoms with Gasteiger partial charge in [0.15, 0.2) is 0 Å². The maximum atomic E-state index is 13.1. The monoisotopic (exact) mass is 249 g/mol. The average molecular weight is 249 g/mol. The topological polar surface area (TPSA) is 12.0 Å². The number of nitrogens with one attached hydrogen (secondary N) is 1. The number of rotatable bonds is 4. The van der Waals surface area contributed by atoms with E-state index in [9.17, 15) is 17.6 Å². The Morgan fingerprint density at radius 3 is 2.35 bits per heavy atom. The van der Waals surface area contributed by atoms with Crippen LogP contribution in [-0.4, -0.2) is 6.54 Å². The Kier molecular flexibility index (Phi) is 4.51. The molecule has 96 valence electrons. The van der Waals surface area contributed by atoms with E-state index in [1.54, 1.807) is 0 Å². The summed E-state index contributed by atoms with van der Waals surface area (Å²) in [5, 5.41) is 3.06. The van der Waals surface area contributed by atoms with Crippen LogP contribution in [0.4, 0.5) is 17.6 Å². The van der Waals surface area contributed by atoms with E-state index in [-0.39, 0.29) is 6.04 Å². The maximum absolute atomic E-state index is 13.1. The third-order valence-corrected chi connectivity index (χ3v) is 2.56. The molecule has 1 aromatic carbocycles. The van der Waals surface area contributed by atoms with Gasteiger partial charge in [0.1, 0.15) is 5.82 Å². The van der Waals surface area contributed by atoms with Gasteiger partial charge in [-0.15, -0.1) is 0 Å². The summed E-state index contributed by atoms with van der Waals surface area (Å²) in [5.41, 5.74) is -0.741. The number of hydrogen-bond donors (Lipinski definition) is 1. The van der Waals surface area contributed by atoms with Crippen LogP contribution in [0.1, 0.15) is 37.4 Å². The SMILES string of the molecule is CCNC(CC)c1ccc(F)c(C(F)(F)F)c1. The van der Waals surface area contributed by atoms with Gasteiger partial charge in [0.05, 0.1) is 5.56 Å². The average Bonchev–Trinajstić information content (AvgIpc) is 2.25. The van der Waals surface area contributed by atoms with Crippen LogP contribution >= 0.6 is 0 Å². The van der Waals surface area contributed by atoms with Gasteiger partial charge in [-0.05, 0) is 30.7 Å². The van der Waals surface area contributed by atoms with Gasteiger partial charge in [0.25, 0.3) is 0 Å². The highest BCUT2D eigenvalue weighted by molar-refractivity contribution is 5.29. The lowest BCUT2D eigenvalue weighted by Crippen LogP contribution is -2.21. The molecule has 0 heterocycles. The second-order valence-corrected chi connectivity index (χ2v) is 3.76. The van der Waals surface area contributed by atoms with Crippen molar-refractivity contribution in [2.75, 3.05) is 6.54 Å². The number of benzene rings is 1. The van der Waals surface area contributed by atoms with Gasteiger partial charge in [-0.2, -0.15) is 13.2 Å². The molecule has 0 bridgehead atoms. The Morgan fingerprint density at radius 2 is 1.88 bits per heavy atom. The molecule has 1 N–H and O–H groups in total. The van der Waals surface area contributed by atoms with Crippen molar-refractivity contribution in [2.24, 2.45) is 0 Å². The molecule has 17 heavy (non-hydrogen) atoms. The van der Waals surface area contributed by atoms with Crippen molar-refractivity contribution in [3.63, 3.8) is 0 Å². The largest absolute Gasteiger partial charge is 0.419 e. The molecular weight excluding hydrogens is 234 g/mol. The van der Waals surface area contributed by atoms with Crippen LogP contribution in [0, 0.1) is 5.82 Å². The van der Waals surface area contributed by atoms with E-state index in [0.717, 1.165) is 12.1 Å². The molecule has 0 aromatic heterocycles. The second-order valence-electron chi connectivity index (χ2n) is 3.76. The lowest BCUT2D eigenvalue weighted by Gasteiger charge is -2.18. The van der Waals surface area contributed by atoms with Crippen molar-refractivity contribution in [1.29, 1.82) is 0 Å². The predicted molar refractivity (Wildman–Crippen MR) is 58.1 cm³/mol. The summed E-state index contributed by atoms with van der Waals surface area (Å²) in [5.74, 6) is -1.23. The Hall–Kier alpha value is -1.10. The summed E-state index contributed by atoms with van der Waals surface area (Å²) < 4.78 is 50.6. The van der Waals surface area contributed by atoms with Crippen molar-refractivity contribution >= 4 is 0 Å². The Balaban J connectivity index is 3.11. The van der Waals surface area contributed by atoms with Crippen LogP contribution < -0.4 is 5.32 Å². The first kappa shape index (κ1) is 14.0. The number of alkyl halides is 3. The molecule has 1 atom stereocenters. The van der Waals surface area contributed by atoms with Crippen molar-refractivity contribution in [3.8, 4) is 0 Å². The van der Waals surface area contributed by atoms with Crippen molar-refractivity contribution in [3.05, 3.63) is 35.1 Å².